The Morgan fingerprint density at radius 2 is 1.88 bits per heavy atom. The minimum absolute atomic E-state index is 0.0989. The number of nitrogens with two attached hydrogens (primary N) is 1. The lowest BCUT2D eigenvalue weighted by atomic mass is 10.0. The molecule has 1 fully saturated rings. The van der Waals surface area contributed by atoms with E-state index >= 15 is 0 Å². The molecular formula is C30H26N8O2. The number of rotatable bonds is 5. The lowest BCUT2D eigenvalue weighted by Crippen LogP contribution is -2.32. The van der Waals surface area contributed by atoms with Crippen LogP contribution in [0.3, 0.4) is 0 Å². The normalized spacial score (nSPS) is 14.8. The Hall–Kier alpha value is -5.30. The predicted molar refractivity (Wildman–Crippen MR) is 152 cm³/mol. The van der Waals surface area contributed by atoms with Crippen LogP contribution in [0.1, 0.15) is 36.0 Å². The maximum atomic E-state index is 14.5. The van der Waals surface area contributed by atoms with Gasteiger partial charge < -0.3 is 15.4 Å². The predicted octanol–water partition coefficient (Wildman–Crippen LogP) is 4.35. The summed E-state index contributed by atoms with van der Waals surface area (Å²) in [6.45, 7) is 2.38. The molecule has 0 bridgehead atoms. The topological polar surface area (TPSA) is 136 Å². The Kier molecular flexibility index (Phi) is 6.32. The Morgan fingerprint density at radius 1 is 1.05 bits per heavy atom. The molecule has 2 N–H and O–H groups in total. The SMILES string of the molecule is COc1ccc(-c2cccc3nc(C4CCCN4c4nc(N)nc(C)c4C#N)n(-c4ccccc4)c(=O)c23)cn1. The summed E-state index contributed by atoms with van der Waals surface area (Å²) in [6.07, 6.45) is 3.25. The van der Waals surface area contributed by atoms with Crippen LogP contribution in [0.5, 0.6) is 5.88 Å². The van der Waals surface area contributed by atoms with Gasteiger partial charge in [-0.2, -0.15) is 10.2 Å². The largest absolute Gasteiger partial charge is 0.481 e. The molecule has 2 aromatic carbocycles. The molecule has 4 heterocycles. The number of aromatic nitrogens is 5. The van der Waals surface area contributed by atoms with Gasteiger partial charge in [-0.05, 0) is 49.6 Å². The Labute approximate surface area is 230 Å². The van der Waals surface area contributed by atoms with Crippen LogP contribution in [-0.4, -0.2) is 38.2 Å². The highest BCUT2D eigenvalue weighted by atomic mass is 16.5. The van der Waals surface area contributed by atoms with Crippen molar-refractivity contribution < 1.29 is 4.74 Å². The second-order valence-corrected chi connectivity index (χ2v) is 9.56. The zero-order valence-corrected chi connectivity index (χ0v) is 22.1. The van der Waals surface area contributed by atoms with Gasteiger partial charge in [-0.3, -0.25) is 9.36 Å². The summed E-state index contributed by atoms with van der Waals surface area (Å²) in [4.78, 5) is 34.6. The molecule has 5 aromatic rings. The number of methoxy groups -OCH3 is 1. The Morgan fingerprint density at radius 3 is 2.60 bits per heavy atom. The van der Waals surface area contributed by atoms with Gasteiger partial charge in [0.25, 0.3) is 5.56 Å². The first-order valence-electron chi connectivity index (χ1n) is 12.9. The average molecular weight is 531 g/mol. The zero-order chi connectivity index (χ0) is 27.8. The first-order valence-corrected chi connectivity index (χ1v) is 12.9. The van der Waals surface area contributed by atoms with Gasteiger partial charge in [0.2, 0.25) is 11.8 Å². The third kappa shape index (κ3) is 4.18. The molecule has 1 aliphatic heterocycles. The summed E-state index contributed by atoms with van der Waals surface area (Å²) in [5.74, 6) is 1.62. The fourth-order valence-corrected chi connectivity index (χ4v) is 5.40. The van der Waals surface area contributed by atoms with Crippen molar-refractivity contribution in [3.63, 3.8) is 0 Å². The van der Waals surface area contributed by atoms with Crippen molar-refractivity contribution in [1.82, 2.24) is 24.5 Å². The third-order valence-electron chi connectivity index (χ3n) is 7.22. The van der Waals surface area contributed by atoms with Crippen molar-refractivity contribution in [2.24, 2.45) is 0 Å². The number of para-hydroxylation sites is 1. The van der Waals surface area contributed by atoms with Gasteiger partial charge in [-0.25, -0.2) is 15.0 Å². The van der Waals surface area contributed by atoms with Crippen LogP contribution in [0.4, 0.5) is 11.8 Å². The number of nitriles is 1. The van der Waals surface area contributed by atoms with Crippen molar-refractivity contribution in [2.45, 2.75) is 25.8 Å². The van der Waals surface area contributed by atoms with Crippen LogP contribution in [0.2, 0.25) is 0 Å². The minimum Gasteiger partial charge on any atom is -0.481 e. The number of fused-ring (bicyclic) bond motifs is 1. The summed E-state index contributed by atoms with van der Waals surface area (Å²) < 4.78 is 6.89. The van der Waals surface area contributed by atoms with Gasteiger partial charge >= 0.3 is 0 Å². The molecule has 10 nitrogen and oxygen atoms in total. The van der Waals surface area contributed by atoms with Crippen molar-refractivity contribution in [3.8, 4) is 28.8 Å². The van der Waals surface area contributed by atoms with E-state index in [9.17, 15) is 10.1 Å². The van der Waals surface area contributed by atoms with Gasteiger partial charge in [-0.15, -0.1) is 0 Å². The molecule has 1 unspecified atom stereocenters. The molecule has 0 radical (unpaired) electrons. The number of nitrogens with zero attached hydrogens (tertiary/aromatic N) is 7. The number of anilines is 2. The van der Waals surface area contributed by atoms with Crippen LogP contribution >= 0.6 is 0 Å². The molecule has 3 aromatic heterocycles. The first kappa shape index (κ1) is 25.0. The van der Waals surface area contributed by atoms with E-state index in [0.29, 0.717) is 51.9 Å². The maximum absolute atomic E-state index is 14.5. The van der Waals surface area contributed by atoms with Crippen molar-refractivity contribution in [3.05, 3.63) is 94.3 Å². The van der Waals surface area contributed by atoms with Crippen LogP contribution in [0, 0.1) is 18.3 Å². The molecule has 6 rings (SSSR count). The van der Waals surface area contributed by atoms with Gasteiger partial charge in [0, 0.05) is 24.4 Å². The highest BCUT2D eigenvalue weighted by molar-refractivity contribution is 5.94. The number of nitrogen functional groups attached to an aromatic ring is 1. The average Bonchev–Trinajstić information content (AvgIpc) is 3.47. The Balaban J connectivity index is 1.61. The molecule has 40 heavy (non-hydrogen) atoms. The molecular weight excluding hydrogens is 504 g/mol. The van der Waals surface area contributed by atoms with Crippen LogP contribution in [-0.2, 0) is 0 Å². The number of hydrogen-bond acceptors (Lipinski definition) is 9. The highest BCUT2D eigenvalue weighted by Gasteiger charge is 2.34. The van der Waals surface area contributed by atoms with E-state index < -0.39 is 0 Å². The molecule has 198 valence electrons. The summed E-state index contributed by atoms with van der Waals surface area (Å²) in [5, 5.41) is 10.4. The molecule has 10 heteroatoms. The summed E-state index contributed by atoms with van der Waals surface area (Å²) in [6, 6.07) is 20.7. The minimum atomic E-state index is -0.315. The fraction of sp³-hybridized carbons (Fsp3) is 0.200. The second kappa shape index (κ2) is 10.1. The summed E-state index contributed by atoms with van der Waals surface area (Å²) in [5.41, 5.74) is 9.48. The lowest BCUT2D eigenvalue weighted by Gasteiger charge is -2.28. The van der Waals surface area contributed by atoms with E-state index in [2.05, 4.69) is 21.0 Å². The first-order chi connectivity index (χ1) is 19.5. The molecule has 1 atom stereocenters. The number of pyridine rings is 1. The molecule has 0 amide bonds. The second-order valence-electron chi connectivity index (χ2n) is 9.56. The van der Waals surface area contributed by atoms with Crippen molar-refractivity contribution in [1.29, 1.82) is 5.26 Å². The Bertz CT molecular complexity index is 1830. The standard InChI is InChI=1S/C30H26N8O2/c1-18-22(16-31)27(36-30(32)34-18)37-15-7-12-24(37)28-35-23-11-6-10-21(19-13-14-25(40-2)33-17-19)26(23)29(39)38(28)20-8-4-3-5-9-20/h3-6,8-11,13-14,17,24H,7,12,15H2,1-2H3,(H2,32,34,36). The van der Waals surface area contributed by atoms with E-state index in [0.717, 1.165) is 24.0 Å². The number of benzene rings is 2. The molecule has 0 spiro atoms. The fourth-order valence-electron chi connectivity index (χ4n) is 5.40. The summed E-state index contributed by atoms with van der Waals surface area (Å²) in [7, 11) is 1.56. The molecule has 0 aliphatic carbocycles. The van der Waals surface area contributed by atoms with Gasteiger partial charge in [-0.1, -0.05) is 30.3 Å². The maximum Gasteiger partial charge on any atom is 0.266 e. The van der Waals surface area contributed by atoms with E-state index in [1.807, 2.05) is 59.5 Å². The molecule has 1 aliphatic rings. The van der Waals surface area contributed by atoms with Crippen LogP contribution < -0.4 is 20.9 Å². The lowest BCUT2D eigenvalue weighted by molar-refractivity contribution is 0.398. The molecule has 1 saturated heterocycles. The third-order valence-corrected chi connectivity index (χ3v) is 7.22. The molecule has 0 saturated carbocycles. The number of hydrogen-bond donors (Lipinski definition) is 1. The number of ether oxygens (including phenoxy) is 1. The quantitative estimate of drug-likeness (QED) is 0.352. The van der Waals surface area contributed by atoms with Gasteiger partial charge in [0.05, 0.1) is 35.4 Å². The van der Waals surface area contributed by atoms with Crippen molar-refractivity contribution in [2.75, 3.05) is 24.3 Å². The van der Waals surface area contributed by atoms with Gasteiger partial charge in [0.1, 0.15) is 17.5 Å². The highest BCUT2D eigenvalue weighted by Crippen LogP contribution is 2.38. The van der Waals surface area contributed by atoms with Crippen LogP contribution in [0.25, 0.3) is 27.7 Å². The van der Waals surface area contributed by atoms with E-state index in [1.165, 1.54) is 0 Å². The van der Waals surface area contributed by atoms with Gasteiger partial charge in [0.15, 0.2) is 5.82 Å². The monoisotopic (exact) mass is 530 g/mol. The van der Waals surface area contributed by atoms with E-state index in [-0.39, 0.29) is 17.5 Å². The number of aryl methyl sites for hydroxylation is 1. The zero-order valence-electron chi connectivity index (χ0n) is 22.1. The summed E-state index contributed by atoms with van der Waals surface area (Å²) >= 11 is 0. The van der Waals surface area contributed by atoms with Crippen LogP contribution in [0.15, 0.2) is 71.7 Å². The van der Waals surface area contributed by atoms with E-state index in [1.54, 1.807) is 30.9 Å². The smallest absolute Gasteiger partial charge is 0.266 e. The van der Waals surface area contributed by atoms with Crippen molar-refractivity contribution >= 4 is 22.7 Å². The van der Waals surface area contributed by atoms with E-state index in [4.69, 9.17) is 15.5 Å².